The summed E-state index contributed by atoms with van der Waals surface area (Å²) in [5.41, 5.74) is 0. The molecule has 0 radical (unpaired) electrons. The normalized spacial score (nSPS) is 12.9. The first kappa shape index (κ1) is 77.8. The fraction of sp³-hybridized carbons (Fsp3) is 0.697. The van der Waals surface area contributed by atoms with Crippen molar-refractivity contribution in [2.75, 3.05) is 13.2 Å². The van der Waals surface area contributed by atoms with Gasteiger partial charge in [0.05, 0.1) is 0 Å². The smallest absolute Gasteiger partial charge is 0.306 e. The SMILES string of the molecule is CC/C=C\C/C=C\C/C=C\C/C=C\C/C=C\CCCC(=O)OCC(COC(=O)CCCCCCCCCCCCCCCCCCCCCCCCCCCCCCCC)OC(=O)CCC/C=C\C/C=C\C/C=C\C/C=C\C/C=C\CC. The molecule has 468 valence electrons. The summed E-state index contributed by atoms with van der Waals surface area (Å²) in [5.74, 6) is -1.03. The van der Waals surface area contributed by atoms with Crippen LogP contribution in [0.4, 0.5) is 0 Å². The number of ether oxygens (including phenoxy) is 3. The van der Waals surface area contributed by atoms with Crippen LogP contribution in [0.5, 0.6) is 0 Å². The predicted molar refractivity (Wildman–Crippen MR) is 357 cm³/mol. The molecule has 0 aliphatic rings. The van der Waals surface area contributed by atoms with Gasteiger partial charge in [0.2, 0.25) is 0 Å². The molecular formula is C76H128O6. The summed E-state index contributed by atoms with van der Waals surface area (Å²) in [6, 6.07) is 0. The lowest BCUT2D eigenvalue weighted by Gasteiger charge is -2.18. The highest BCUT2D eigenvalue weighted by Gasteiger charge is 2.19. The molecule has 1 atom stereocenters. The first-order valence-electron chi connectivity index (χ1n) is 34.5. The molecule has 0 aromatic heterocycles. The molecule has 6 nitrogen and oxygen atoms in total. The summed E-state index contributed by atoms with van der Waals surface area (Å²) >= 11 is 0. The van der Waals surface area contributed by atoms with E-state index in [1.807, 2.05) is 0 Å². The Morgan fingerprint density at radius 1 is 0.256 bits per heavy atom. The molecule has 0 aliphatic carbocycles. The summed E-state index contributed by atoms with van der Waals surface area (Å²) in [6.45, 7) is 6.35. The van der Waals surface area contributed by atoms with Crippen LogP contribution >= 0.6 is 0 Å². The van der Waals surface area contributed by atoms with Crippen LogP contribution in [0, 0.1) is 0 Å². The molecule has 0 amide bonds. The van der Waals surface area contributed by atoms with Crippen LogP contribution in [0.3, 0.4) is 0 Å². The summed E-state index contributed by atoms with van der Waals surface area (Å²) in [6.07, 6.45) is 96.8. The molecule has 0 saturated carbocycles. The number of esters is 3. The van der Waals surface area contributed by atoms with Gasteiger partial charge < -0.3 is 14.2 Å². The van der Waals surface area contributed by atoms with E-state index in [-0.39, 0.29) is 44.0 Å². The van der Waals surface area contributed by atoms with Crippen LogP contribution in [0.2, 0.25) is 0 Å². The van der Waals surface area contributed by atoms with Crippen molar-refractivity contribution < 1.29 is 28.6 Å². The zero-order chi connectivity index (χ0) is 59.2. The Bertz CT molecular complexity index is 1690. The highest BCUT2D eigenvalue weighted by molar-refractivity contribution is 5.71. The van der Waals surface area contributed by atoms with Crippen LogP contribution in [0.1, 0.15) is 323 Å². The zero-order valence-electron chi connectivity index (χ0n) is 53.7. The quantitative estimate of drug-likeness (QED) is 0.0261. The van der Waals surface area contributed by atoms with Gasteiger partial charge in [-0.25, -0.2) is 0 Å². The molecule has 0 spiro atoms. The number of hydrogen-bond donors (Lipinski definition) is 0. The van der Waals surface area contributed by atoms with Crippen LogP contribution in [-0.2, 0) is 28.6 Å². The molecule has 0 aromatic carbocycles. The lowest BCUT2D eigenvalue weighted by atomic mass is 10.0. The van der Waals surface area contributed by atoms with Gasteiger partial charge in [-0.3, -0.25) is 14.4 Å². The largest absolute Gasteiger partial charge is 0.462 e. The Morgan fingerprint density at radius 3 is 0.744 bits per heavy atom. The van der Waals surface area contributed by atoms with E-state index in [1.165, 1.54) is 173 Å². The number of allylic oxidation sites excluding steroid dienone is 20. The molecule has 0 N–H and O–H groups in total. The Balaban J connectivity index is 4.34. The van der Waals surface area contributed by atoms with Crippen LogP contribution in [0.15, 0.2) is 122 Å². The number of hydrogen-bond acceptors (Lipinski definition) is 6. The molecule has 0 saturated heterocycles. The van der Waals surface area contributed by atoms with E-state index in [4.69, 9.17) is 14.2 Å². The van der Waals surface area contributed by atoms with Crippen molar-refractivity contribution in [3.05, 3.63) is 122 Å². The third-order valence-corrected chi connectivity index (χ3v) is 14.7. The molecule has 1 unspecified atom stereocenters. The van der Waals surface area contributed by atoms with Gasteiger partial charge in [0, 0.05) is 19.3 Å². The standard InChI is InChI=1S/C76H128O6/c1-4-7-10-13-16-19-22-25-28-31-32-33-34-35-36-37-38-39-40-41-42-43-46-48-51-54-57-60-63-66-69-75(78)81-72-73(82-76(79)70-67-64-61-58-55-52-49-45-30-27-24-21-18-15-12-9-6-3)71-80-74(77)68-65-62-59-56-53-50-47-44-29-26-23-20-17-14-11-8-5-2/h8-9,11-12,17-18,20-21,26-27,29-30,47,49-50,52,56,58-59,61,73H,4-7,10,13-16,19,22-25,28,31-46,48,51,53-55,57,60,62-72H2,1-3H3/b11-8-,12-9-,20-17-,21-18-,29-26-,30-27-,50-47-,52-49-,59-56-,61-58-. The lowest BCUT2D eigenvalue weighted by molar-refractivity contribution is -0.167. The Labute approximate surface area is 507 Å². The van der Waals surface area contributed by atoms with Crippen LogP contribution < -0.4 is 0 Å². The summed E-state index contributed by atoms with van der Waals surface area (Å²) in [4.78, 5) is 38.3. The van der Waals surface area contributed by atoms with Gasteiger partial charge in [0.1, 0.15) is 13.2 Å². The first-order valence-corrected chi connectivity index (χ1v) is 34.5. The fourth-order valence-electron chi connectivity index (χ4n) is 9.64. The number of rotatable bonds is 62. The van der Waals surface area contributed by atoms with E-state index in [0.29, 0.717) is 19.3 Å². The minimum absolute atomic E-state index is 0.119. The Morgan fingerprint density at radius 2 is 0.476 bits per heavy atom. The molecule has 0 aromatic rings. The topological polar surface area (TPSA) is 78.9 Å². The van der Waals surface area contributed by atoms with Crippen molar-refractivity contribution >= 4 is 17.9 Å². The van der Waals surface area contributed by atoms with Crippen molar-refractivity contribution in [1.29, 1.82) is 0 Å². The van der Waals surface area contributed by atoms with Gasteiger partial charge in [-0.1, -0.05) is 328 Å². The first-order chi connectivity index (χ1) is 40.5. The van der Waals surface area contributed by atoms with Crippen molar-refractivity contribution in [2.24, 2.45) is 0 Å². The van der Waals surface area contributed by atoms with Crippen molar-refractivity contribution in [3.8, 4) is 0 Å². The monoisotopic (exact) mass is 1140 g/mol. The van der Waals surface area contributed by atoms with Crippen molar-refractivity contribution in [2.45, 2.75) is 329 Å². The molecule has 0 rings (SSSR count). The van der Waals surface area contributed by atoms with E-state index >= 15 is 0 Å². The average Bonchev–Trinajstić information content (AvgIpc) is 3.47. The summed E-state index contributed by atoms with van der Waals surface area (Å²) in [5, 5.41) is 0. The van der Waals surface area contributed by atoms with Gasteiger partial charge in [0.15, 0.2) is 6.10 Å². The van der Waals surface area contributed by atoms with Gasteiger partial charge in [-0.15, -0.1) is 0 Å². The molecule has 0 heterocycles. The lowest BCUT2D eigenvalue weighted by Crippen LogP contribution is -2.30. The molecular weight excluding hydrogens is 1010 g/mol. The van der Waals surface area contributed by atoms with E-state index in [2.05, 4.69) is 142 Å². The van der Waals surface area contributed by atoms with E-state index in [0.717, 1.165) is 96.3 Å². The highest BCUT2D eigenvalue weighted by atomic mass is 16.6. The minimum atomic E-state index is -0.835. The third kappa shape index (κ3) is 66.6. The van der Waals surface area contributed by atoms with Crippen LogP contribution in [-0.4, -0.2) is 37.2 Å². The van der Waals surface area contributed by atoms with E-state index in [9.17, 15) is 14.4 Å². The van der Waals surface area contributed by atoms with E-state index < -0.39 is 6.10 Å². The second kappa shape index (κ2) is 69.3. The average molecular weight is 1140 g/mol. The molecule has 6 heteroatoms. The van der Waals surface area contributed by atoms with Crippen LogP contribution in [0.25, 0.3) is 0 Å². The maximum absolute atomic E-state index is 12.9. The van der Waals surface area contributed by atoms with E-state index in [1.54, 1.807) is 0 Å². The number of carbonyl (C=O) groups is 3. The van der Waals surface area contributed by atoms with Gasteiger partial charge >= 0.3 is 17.9 Å². The Kier molecular flexibility index (Phi) is 65.8. The second-order valence-electron chi connectivity index (χ2n) is 22.7. The molecule has 82 heavy (non-hydrogen) atoms. The predicted octanol–water partition coefficient (Wildman–Crippen LogP) is 23.9. The number of unbranched alkanes of at least 4 members (excludes halogenated alkanes) is 31. The molecule has 0 aliphatic heterocycles. The van der Waals surface area contributed by atoms with Crippen molar-refractivity contribution in [1.82, 2.24) is 0 Å². The van der Waals surface area contributed by atoms with Gasteiger partial charge in [-0.2, -0.15) is 0 Å². The highest BCUT2D eigenvalue weighted by Crippen LogP contribution is 2.18. The fourth-order valence-corrected chi connectivity index (χ4v) is 9.64. The molecule has 0 fully saturated rings. The maximum Gasteiger partial charge on any atom is 0.306 e. The summed E-state index contributed by atoms with van der Waals surface area (Å²) < 4.78 is 16.8. The third-order valence-electron chi connectivity index (χ3n) is 14.7. The second-order valence-corrected chi connectivity index (χ2v) is 22.7. The summed E-state index contributed by atoms with van der Waals surface area (Å²) in [7, 11) is 0. The maximum atomic E-state index is 12.9. The number of carbonyl (C=O) groups excluding carboxylic acids is 3. The molecule has 0 bridgehead atoms. The zero-order valence-corrected chi connectivity index (χ0v) is 53.7. The van der Waals surface area contributed by atoms with Crippen molar-refractivity contribution in [3.63, 3.8) is 0 Å². The van der Waals surface area contributed by atoms with Gasteiger partial charge in [0.25, 0.3) is 0 Å². The van der Waals surface area contributed by atoms with Gasteiger partial charge in [-0.05, 0) is 96.3 Å². The minimum Gasteiger partial charge on any atom is -0.462 e. The Hall–Kier alpha value is -4.19.